The maximum Gasteiger partial charge on any atom is 0.150 e. The van der Waals surface area contributed by atoms with Gasteiger partial charge in [0.05, 0.1) is 15.8 Å². The Kier molecular flexibility index (Phi) is 4.03. The van der Waals surface area contributed by atoms with E-state index in [1.165, 1.54) is 17.8 Å². The van der Waals surface area contributed by atoms with Crippen LogP contribution >= 0.6 is 11.5 Å². The van der Waals surface area contributed by atoms with E-state index in [1.54, 1.807) is 0 Å². The van der Waals surface area contributed by atoms with Crippen molar-refractivity contribution in [3.63, 3.8) is 0 Å². The molecule has 0 aliphatic heterocycles. The number of nitrogens with zero attached hydrogens (tertiary/aromatic N) is 2. The van der Waals surface area contributed by atoms with Crippen LogP contribution in [0.2, 0.25) is 0 Å². The summed E-state index contributed by atoms with van der Waals surface area (Å²) in [4.78, 5) is 0.995. The van der Waals surface area contributed by atoms with E-state index in [9.17, 15) is 8.42 Å². The van der Waals surface area contributed by atoms with E-state index in [0.29, 0.717) is 6.42 Å². The van der Waals surface area contributed by atoms with Gasteiger partial charge in [0.2, 0.25) is 0 Å². The summed E-state index contributed by atoms with van der Waals surface area (Å²) in [7, 11) is -2.95. The molecule has 7 heteroatoms. The molecule has 3 atom stereocenters. The molecule has 1 aromatic heterocycles. The Labute approximate surface area is 112 Å². The molecule has 0 saturated heterocycles. The van der Waals surface area contributed by atoms with E-state index in [4.69, 9.17) is 5.73 Å². The summed E-state index contributed by atoms with van der Waals surface area (Å²) in [6.45, 7) is 1.90. The molecule has 0 amide bonds. The lowest BCUT2D eigenvalue weighted by atomic mass is 9.83. The quantitative estimate of drug-likeness (QED) is 0.910. The second-order valence-corrected chi connectivity index (χ2v) is 8.24. The first-order valence-corrected chi connectivity index (χ1v) is 8.85. The van der Waals surface area contributed by atoms with Crippen molar-refractivity contribution in [2.75, 3.05) is 6.26 Å². The van der Waals surface area contributed by atoms with E-state index < -0.39 is 9.84 Å². The van der Waals surface area contributed by atoms with Crippen molar-refractivity contribution in [3.05, 3.63) is 10.6 Å². The van der Waals surface area contributed by atoms with Gasteiger partial charge < -0.3 is 5.73 Å². The number of aryl methyl sites for hydroxylation is 1. The summed E-state index contributed by atoms with van der Waals surface area (Å²) in [5.41, 5.74) is 7.13. The van der Waals surface area contributed by atoms with Gasteiger partial charge in [0.15, 0.2) is 0 Å². The molecule has 0 radical (unpaired) electrons. The third kappa shape index (κ3) is 2.89. The molecule has 18 heavy (non-hydrogen) atoms. The van der Waals surface area contributed by atoms with E-state index in [1.807, 2.05) is 6.92 Å². The second-order valence-electron chi connectivity index (χ2n) is 5.13. The normalized spacial score (nSPS) is 27.1. The molecule has 1 fully saturated rings. The van der Waals surface area contributed by atoms with Crippen LogP contribution in [-0.2, 0) is 9.84 Å². The van der Waals surface area contributed by atoms with Crippen molar-refractivity contribution in [1.82, 2.24) is 9.59 Å². The fourth-order valence-corrected chi connectivity index (χ4v) is 4.58. The molecule has 1 aromatic rings. The van der Waals surface area contributed by atoms with Crippen molar-refractivity contribution in [3.8, 4) is 0 Å². The standard InChI is InChI=1S/C11H19N3O2S2/c1-7-11(17-14-13-7)10(12)8-4-3-5-9(6-8)18(2,15)16/h8-10H,3-6,12H2,1-2H3. The Bertz CT molecular complexity index is 512. The Morgan fingerprint density at radius 3 is 2.72 bits per heavy atom. The van der Waals surface area contributed by atoms with Gasteiger partial charge in [-0.3, -0.25) is 0 Å². The molecule has 1 saturated carbocycles. The van der Waals surface area contributed by atoms with Gasteiger partial charge in [-0.05, 0) is 43.6 Å². The first-order valence-electron chi connectivity index (χ1n) is 6.13. The van der Waals surface area contributed by atoms with E-state index in [2.05, 4.69) is 9.59 Å². The molecule has 0 bridgehead atoms. The Morgan fingerprint density at radius 1 is 1.44 bits per heavy atom. The minimum absolute atomic E-state index is 0.130. The van der Waals surface area contributed by atoms with Crippen molar-refractivity contribution in [2.24, 2.45) is 11.7 Å². The number of nitrogens with two attached hydrogens (primary N) is 1. The molecule has 102 valence electrons. The van der Waals surface area contributed by atoms with Crippen molar-refractivity contribution >= 4 is 21.4 Å². The lowest BCUT2D eigenvalue weighted by Gasteiger charge is -2.31. The van der Waals surface area contributed by atoms with Gasteiger partial charge in [0.25, 0.3) is 0 Å². The van der Waals surface area contributed by atoms with E-state index in [0.717, 1.165) is 29.8 Å². The number of hydrogen-bond acceptors (Lipinski definition) is 6. The smallest absolute Gasteiger partial charge is 0.150 e. The Hall–Kier alpha value is -0.530. The number of aromatic nitrogens is 2. The SMILES string of the molecule is Cc1nnsc1C(N)C1CCCC(S(C)(=O)=O)C1. The van der Waals surface area contributed by atoms with Gasteiger partial charge in [-0.2, -0.15) is 0 Å². The minimum atomic E-state index is -2.95. The van der Waals surface area contributed by atoms with Crippen LogP contribution in [0.1, 0.15) is 42.3 Å². The highest BCUT2D eigenvalue weighted by molar-refractivity contribution is 7.91. The van der Waals surface area contributed by atoms with Crippen molar-refractivity contribution < 1.29 is 8.42 Å². The summed E-state index contributed by atoms with van der Waals surface area (Å²) >= 11 is 1.32. The van der Waals surface area contributed by atoms with Crippen LogP contribution in [0.5, 0.6) is 0 Å². The zero-order valence-corrected chi connectivity index (χ0v) is 12.3. The van der Waals surface area contributed by atoms with Gasteiger partial charge in [0.1, 0.15) is 9.84 Å². The third-order valence-electron chi connectivity index (χ3n) is 3.77. The van der Waals surface area contributed by atoms with Crippen LogP contribution in [0.3, 0.4) is 0 Å². The molecular weight excluding hydrogens is 270 g/mol. The number of sulfone groups is 1. The van der Waals surface area contributed by atoms with Crippen LogP contribution in [0.25, 0.3) is 0 Å². The van der Waals surface area contributed by atoms with Crippen LogP contribution in [0, 0.1) is 12.8 Å². The molecule has 1 heterocycles. The highest BCUT2D eigenvalue weighted by Gasteiger charge is 2.33. The first kappa shape index (κ1) is 13.9. The van der Waals surface area contributed by atoms with Gasteiger partial charge in [-0.15, -0.1) is 5.10 Å². The zero-order valence-electron chi connectivity index (χ0n) is 10.7. The van der Waals surface area contributed by atoms with Gasteiger partial charge in [-0.25, -0.2) is 8.42 Å². The van der Waals surface area contributed by atoms with Gasteiger partial charge in [0, 0.05) is 12.3 Å². The molecule has 0 aromatic carbocycles. The summed E-state index contributed by atoms with van der Waals surface area (Å²) in [5, 5.41) is 3.74. The van der Waals surface area contributed by atoms with Crippen LogP contribution in [0.4, 0.5) is 0 Å². The van der Waals surface area contributed by atoms with Crippen molar-refractivity contribution in [2.45, 2.75) is 43.9 Å². The monoisotopic (exact) mass is 289 g/mol. The average molecular weight is 289 g/mol. The summed E-state index contributed by atoms with van der Waals surface area (Å²) < 4.78 is 27.2. The van der Waals surface area contributed by atoms with Gasteiger partial charge >= 0.3 is 0 Å². The fraction of sp³-hybridized carbons (Fsp3) is 0.818. The molecule has 3 unspecified atom stereocenters. The van der Waals surface area contributed by atoms with Crippen LogP contribution in [-0.4, -0.2) is 29.5 Å². The molecule has 2 rings (SSSR count). The summed E-state index contributed by atoms with van der Waals surface area (Å²) in [5.74, 6) is 0.222. The van der Waals surface area contributed by atoms with Gasteiger partial charge in [-0.1, -0.05) is 10.9 Å². The maximum absolute atomic E-state index is 11.6. The Morgan fingerprint density at radius 2 is 2.17 bits per heavy atom. The topological polar surface area (TPSA) is 85.9 Å². The number of rotatable bonds is 3. The zero-order chi connectivity index (χ0) is 13.3. The largest absolute Gasteiger partial charge is 0.323 e. The lowest BCUT2D eigenvalue weighted by Crippen LogP contribution is -2.32. The van der Waals surface area contributed by atoms with Crippen LogP contribution < -0.4 is 5.73 Å². The lowest BCUT2D eigenvalue weighted by molar-refractivity contribution is 0.310. The Balaban J connectivity index is 2.12. The van der Waals surface area contributed by atoms with E-state index in [-0.39, 0.29) is 17.2 Å². The molecule has 1 aliphatic carbocycles. The second kappa shape index (κ2) is 5.22. The minimum Gasteiger partial charge on any atom is -0.323 e. The van der Waals surface area contributed by atoms with Crippen molar-refractivity contribution in [1.29, 1.82) is 0 Å². The fourth-order valence-electron chi connectivity index (χ4n) is 2.65. The summed E-state index contributed by atoms with van der Waals surface area (Å²) in [6.07, 6.45) is 4.68. The first-order chi connectivity index (χ1) is 8.39. The number of hydrogen-bond donors (Lipinski definition) is 1. The molecule has 5 nitrogen and oxygen atoms in total. The molecule has 1 aliphatic rings. The average Bonchev–Trinajstić information content (AvgIpc) is 2.73. The predicted octanol–water partition coefficient (Wildman–Crippen LogP) is 1.45. The molecule has 2 N–H and O–H groups in total. The molecule has 0 spiro atoms. The predicted molar refractivity (Wildman–Crippen MR) is 72.2 cm³/mol. The maximum atomic E-state index is 11.6. The highest BCUT2D eigenvalue weighted by atomic mass is 32.2. The van der Waals surface area contributed by atoms with Crippen LogP contribution in [0.15, 0.2) is 0 Å². The third-order valence-corrected chi connectivity index (χ3v) is 6.34. The highest BCUT2D eigenvalue weighted by Crippen LogP contribution is 2.37. The summed E-state index contributed by atoms with van der Waals surface area (Å²) in [6, 6.07) is -0.130. The van der Waals surface area contributed by atoms with E-state index >= 15 is 0 Å². The molecular formula is C11H19N3O2S2.